The summed E-state index contributed by atoms with van der Waals surface area (Å²) in [6.45, 7) is 5.45. The first-order chi connectivity index (χ1) is 6.75. The van der Waals surface area contributed by atoms with Gasteiger partial charge in [0, 0.05) is 11.2 Å². The summed E-state index contributed by atoms with van der Waals surface area (Å²) in [5.74, 6) is -0.403. The SMILES string of the molecule is CC(C)(C)C(=O)NCSC[C@H](N)C(=O)O. The molecule has 1 atom stereocenters. The fourth-order valence-corrected chi connectivity index (χ4v) is 1.39. The van der Waals surface area contributed by atoms with Crippen LogP contribution < -0.4 is 11.1 Å². The maximum atomic E-state index is 11.4. The van der Waals surface area contributed by atoms with Crippen LogP contribution in [0.3, 0.4) is 0 Å². The largest absolute Gasteiger partial charge is 0.480 e. The van der Waals surface area contributed by atoms with Gasteiger partial charge in [0.25, 0.3) is 0 Å². The van der Waals surface area contributed by atoms with E-state index in [0.717, 1.165) is 0 Å². The summed E-state index contributed by atoms with van der Waals surface area (Å²) in [6.07, 6.45) is 0. The summed E-state index contributed by atoms with van der Waals surface area (Å²) in [7, 11) is 0. The lowest BCUT2D eigenvalue weighted by atomic mass is 9.96. The maximum Gasteiger partial charge on any atom is 0.321 e. The third-order valence-electron chi connectivity index (χ3n) is 1.63. The zero-order valence-electron chi connectivity index (χ0n) is 9.24. The van der Waals surface area contributed by atoms with Gasteiger partial charge in [0.1, 0.15) is 6.04 Å². The predicted molar refractivity (Wildman–Crippen MR) is 60.5 cm³/mol. The number of amides is 1. The number of carbonyl (C=O) groups is 2. The van der Waals surface area contributed by atoms with Crippen molar-refractivity contribution in [2.45, 2.75) is 26.8 Å². The molecule has 0 aromatic carbocycles. The summed E-state index contributed by atoms with van der Waals surface area (Å²) >= 11 is 1.30. The molecule has 0 fully saturated rings. The zero-order chi connectivity index (χ0) is 12.1. The highest BCUT2D eigenvalue weighted by Gasteiger charge is 2.20. The summed E-state index contributed by atoms with van der Waals surface area (Å²) < 4.78 is 0. The summed E-state index contributed by atoms with van der Waals surface area (Å²) in [6, 6.07) is -0.874. The van der Waals surface area contributed by atoms with Crippen LogP contribution in [0.15, 0.2) is 0 Å². The van der Waals surface area contributed by atoms with Crippen molar-refractivity contribution >= 4 is 23.6 Å². The number of carbonyl (C=O) groups excluding carboxylic acids is 1. The van der Waals surface area contributed by atoms with Gasteiger partial charge in [-0.05, 0) is 0 Å². The Morgan fingerprint density at radius 3 is 2.40 bits per heavy atom. The lowest BCUT2D eigenvalue weighted by Crippen LogP contribution is -2.36. The number of nitrogens with two attached hydrogens (primary N) is 1. The fourth-order valence-electron chi connectivity index (χ4n) is 0.639. The van der Waals surface area contributed by atoms with Gasteiger partial charge in [-0.3, -0.25) is 9.59 Å². The molecule has 0 saturated carbocycles. The number of nitrogens with one attached hydrogen (secondary N) is 1. The van der Waals surface area contributed by atoms with Crippen LogP contribution in [-0.2, 0) is 9.59 Å². The highest BCUT2D eigenvalue weighted by molar-refractivity contribution is 7.99. The molecule has 6 heteroatoms. The average Bonchev–Trinajstić information content (AvgIpc) is 2.09. The minimum absolute atomic E-state index is 0.0566. The van der Waals surface area contributed by atoms with Crippen molar-refractivity contribution in [1.82, 2.24) is 5.32 Å². The van der Waals surface area contributed by atoms with E-state index in [1.54, 1.807) is 0 Å². The van der Waals surface area contributed by atoms with Crippen LogP contribution in [0.1, 0.15) is 20.8 Å². The first kappa shape index (κ1) is 14.2. The minimum atomic E-state index is -1.02. The van der Waals surface area contributed by atoms with Crippen molar-refractivity contribution in [3.63, 3.8) is 0 Å². The number of carboxylic acids is 1. The summed E-state index contributed by atoms with van der Waals surface area (Å²) in [5, 5.41) is 11.2. The Hall–Kier alpha value is -0.750. The second kappa shape index (κ2) is 5.97. The fraction of sp³-hybridized carbons (Fsp3) is 0.778. The smallest absolute Gasteiger partial charge is 0.321 e. The van der Waals surface area contributed by atoms with E-state index in [1.807, 2.05) is 20.8 Å². The Kier molecular flexibility index (Phi) is 5.67. The van der Waals surface area contributed by atoms with E-state index in [2.05, 4.69) is 5.32 Å². The van der Waals surface area contributed by atoms with Gasteiger partial charge in [-0.2, -0.15) is 0 Å². The van der Waals surface area contributed by atoms with E-state index in [-0.39, 0.29) is 5.91 Å². The molecule has 0 aliphatic rings. The molecule has 0 aliphatic heterocycles. The molecule has 0 rings (SSSR count). The normalized spacial score (nSPS) is 13.3. The van der Waals surface area contributed by atoms with Crippen LogP contribution >= 0.6 is 11.8 Å². The second-order valence-corrected chi connectivity index (χ2v) is 5.25. The van der Waals surface area contributed by atoms with E-state index >= 15 is 0 Å². The molecular formula is C9H18N2O3S. The Balaban J connectivity index is 3.64. The van der Waals surface area contributed by atoms with Gasteiger partial charge in [-0.25, -0.2) is 0 Å². The van der Waals surface area contributed by atoms with Crippen LogP contribution in [-0.4, -0.2) is 34.7 Å². The van der Waals surface area contributed by atoms with Gasteiger partial charge in [-0.15, -0.1) is 11.8 Å². The molecule has 88 valence electrons. The van der Waals surface area contributed by atoms with Gasteiger partial charge in [0.2, 0.25) is 5.91 Å². The van der Waals surface area contributed by atoms with Crippen molar-refractivity contribution in [3.05, 3.63) is 0 Å². The molecular weight excluding hydrogens is 216 g/mol. The van der Waals surface area contributed by atoms with Crippen LogP contribution in [0, 0.1) is 5.41 Å². The van der Waals surface area contributed by atoms with E-state index in [4.69, 9.17) is 10.8 Å². The van der Waals surface area contributed by atoms with Crippen molar-refractivity contribution in [2.75, 3.05) is 11.6 Å². The third kappa shape index (κ3) is 6.35. The monoisotopic (exact) mass is 234 g/mol. The number of aliphatic carboxylic acids is 1. The highest BCUT2D eigenvalue weighted by atomic mass is 32.2. The molecule has 0 spiro atoms. The van der Waals surface area contributed by atoms with E-state index in [1.165, 1.54) is 11.8 Å². The number of rotatable bonds is 5. The molecule has 0 saturated heterocycles. The minimum Gasteiger partial charge on any atom is -0.480 e. The molecule has 0 aliphatic carbocycles. The lowest BCUT2D eigenvalue weighted by Gasteiger charge is -2.17. The standard InChI is InChI=1S/C9H18N2O3S/c1-9(2,3)8(14)11-5-15-4-6(10)7(12)13/h6H,4-5,10H2,1-3H3,(H,11,14)(H,12,13)/t6-/m0/s1. The molecule has 0 unspecified atom stereocenters. The Morgan fingerprint density at radius 2 is 2.00 bits per heavy atom. The molecule has 0 aromatic heterocycles. The molecule has 0 bridgehead atoms. The van der Waals surface area contributed by atoms with E-state index in [0.29, 0.717) is 11.6 Å². The number of hydrogen-bond donors (Lipinski definition) is 3. The van der Waals surface area contributed by atoms with Gasteiger partial charge >= 0.3 is 5.97 Å². The zero-order valence-corrected chi connectivity index (χ0v) is 10.1. The van der Waals surface area contributed by atoms with E-state index in [9.17, 15) is 9.59 Å². The van der Waals surface area contributed by atoms with Crippen molar-refractivity contribution in [3.8, 4) is 0 Å². The van der Waals surface area contributed by atoms with Crippen LogP contribution in [0.4, 0.5) is 0 Å². The third-order valence-corrected chi connectivity index (χ3v) is 2.57. The molecule has 0 radical (unpaired) electrons. The number of thioether (sulfide) groups is 1. The first-order valence-electron chi connectivity index (χ1n) is 4.59. The Labute approximate surface area is 93.8 Å². The second-order valence-electron chi connectivity index (χ2n) is 4.22. The van der Waals surface area contributed by atoms with Crippen LogP contribution in [0.2, 0.25) is 0 Å². The van der Waals surface area contributed by atoms with Gasteiger partial charge in [0.15, 0.2) is 0 Å². The molecule has 5 nitrogen and oxygen atoms in total. The molecule has 1 amide bonds. The Morgan fingerprint density at radius 1 is 1.47 bits per heavy atom. The van der Waals surface area contributed by atoms with Crippen LogP contribution in [0.25, 0.3) is 0 Å². The summed E-state index contributed by atoms with van der Waals surface area (Å²) in [5.41, 5.74) is 4.86. The lowest BCUT2D eigenvalue weighted by molar-refractivity contribution is -0.137. The molecule has 0 heterocycles. The first-order valence-corrected chi connectivity index (χ1v) is 5.75. The number of hydrogen-bond acceptors (Lipinski definition) is 4. The van der Waals surface area contributed by atoms with Gasteiger partial charge < -0.3 is 16.2 Å². The van der Waals surface area contributed by atoms with Crippen LogP contribution in [0.5, 0.6) is 0 Å². The van der Waals surface area contributed by atoms with Crippen molar-refractivity contribution in [1.29, 1.82) is 0 Å². The van der Waals surface area contributed by atoms with Crippen molar-refractivity contribution < 1.29 is 14.7 Å². The van der Waals surface area contributed by atoms with E-state index < -0.39 is 17.4 Å². The van der Waals surface area contributed by atoms with Gasteiger partial charge in [-0.1, -0.05) is 20.8 Å². The Bertz CT molecular complexity index is 238. The summed E-state index contributed by atoms with van der Waals surface area (Å²) in [4.78, 5) is 21.7. The quantitative estimate of drug-likeness (QED) is 0.468. The highest BCUT2D eigenvalue weighted by Crippen LogP contribution is 2.12. The number of carboxylic acid groups (broad SMARTS) is 1. The molecule has 0 aromatic rings. The van der Waals surface area contributed by atoms with Crippen molar-refractivity contribution in [2.24, 2.45) is 11.1 Å². The topological polar surface area (TPSA) is 92.4 Å². The van der Waals surface area contributed by atoms with Gasteiger partial charge in [0.05, 0.1) is 5.88 Å². The predicted octanol–water partition coefficient (Wildman–Crippen LogP) is 0.251. The molecule has 4 N–H and O–H groups in total. The molecule has 15 heavy (non-hydrogen) atoms. The average molecular weight is 234 g/mol. The maximum absolute atomic E-state index is 11.4.